The molecule has 0 aliphatic heterocycles. The Hall–Kier alpha value is -1.62. The predicted molar refractivity (Wildman–Crippen MR) is 59.5 cm³/mol. The fraction of sp³-hybridized carbons (Fsp3) is 0.333. The number of nitrogens with one attached hydrogen (secondary N) is 1. The third kappa shape index (κ3) is 2.70. The average molecular weight is 189 g/mol. The van der Waals surface area contributed by atoms with E-state index in [0.29, 0.717) is 0 Å². The van der Waals surface area contributed by atoms with Crippen molar-refractivity contribution in [3.8, 4) is 18.1 Å². The van der Waals surface area contributed by atoms with Gasteiger partial charge < -0.3 is 10.1 Å². The van der Waals surface area contributed by atoms with E-state index in [0.717, 1.165) is 11.4 Å². The van der Waals surface area contributed by atoms with Gasteiger partial charge in [0.1, 0.15) is 5.75 Å². The Labute approximate surface area is 85.3 Å². The Bertz CT molecular complexity index is 350. The van der Waals surface area contributed by atoms with Crippen molar-refractivity contribution in [2.24, 2.45) is 0 Å². The van der Waals surface area contributed by atoms with Crippen molar-refractivity contribution in [1.29, 1.82) is 0 Å². The lowest BCUT2D eigenvalue weighted by Crippen LogP contribution is -2.28. The smallest absolute Gasteiger partial charge is 0.120 e. The lowest BCUT2D eigenvalue weighted by atomic mass is 10.1. The summed E-state index contributed by atoms with van der Waals surface area (Å²) in [7, 11) is 1.64. The highest BCUT2D eigenvalue weighted by Crippen LogP contribution is 2.19. The number of ether oxygens (including phenoxy) is 1. The second-order valence-electron chi connectivity index (χ2n) is 3.63. The molecule has 2 heteroatoms. The van der Waals surface area contributed by atoms with Crippen LogP contribution >= 0.6 is 0 Å². The zero-order valence-electron chi connectivity index (χ0n) is 8.79. The van der Waals surface area contributed by atoms with Crippen LogP contribution in [-0.4, -0.2) is 12.6 Å². The normalized spacial score (nSPS) is 10.4. The minimum atomic E-state index is -0.341. The van der Waals surface area contributed by atoms with Crippen LogP contribution in [0, 0.1) is 12.3 Å². The van der Waals surface area contributed by atoms with Gasteiger partial charge in [-0.15, -0.1) is 6.42 Å². The molecule has 0 spiro atoms. The Morgan fingerprint density at radius 3 is 2.71 bits per heavy atom. The van der Waals surface area contributed by atoms with Gasteiger partial charge in [-0.2, -0.15) is 0 Å². The van der Waals surface area contributed by atoms with Gasteiger partial charge in [0.15, 0.2) is 0 Å². The van der Waals surface area contributed by atoms with Crippen molar-refractivity contribution >= 4 is 5.69 Å². The molecular weight excluding hydrogens is 174 g/mol. The molecule has 0 amide bonds. The summed E-state index contributed by atoms with van der Waals surface area (Å²) in [5.74, 6) is 3.50. The van der Waals surface area contributed by atoms with Crippen LogP contribution in [0.4, 0.5) is 5.69 Å². The molecule has 0 bridgehead atoms. The van der Waals surface area contributed by atoms with Crippen molar-refractivity contribution in [2.45, 2.75) is 19.4 Å². The molecule has 14 heavy (non-hydrogen) atoms. The molecule has 2 nitrogen and oxygen atoms in total. The summed E-state index contributed by atoms with van der Waals surface area (Å²) in [6.45, 7) is 3.90. The molecule has 1 N–H and O–H groups in total. The molecular formula is C12H15NO. The number of hydrogen-bond donors (Lipinski definition) is 1. The molecule has 0 fully saturated rings. The van der Waals surface area contributed by atoms with E-state index in [1.54, 1.807) is 7.11 Å². The van der Waals surface area contributed by atoms with Crippen LogP contribution in [0.1, 0.15) is 13.8 Å². The summed E-state index contributed by atoms with van der Waals surface area (Å²) in [5, 5.41) is 3.23. The Kier molecular flexibility index (Phi) is 3.03. The lowest BCUT2D eigenvalue weighted by molar-refractivity contribution is 0.415. The van der Waals surface area contributed by atoms with Gasteiger partial charge >= 0.3 is 0 Å². The number of hydrogen-bond acceptors (Lipinski definition) is 2. The predicted octanol–water partition coefficient (Wildman–Crippen LogP) is 2.52. The van der Waals surface area contributed by atoms with Crippen molar-refractivity contribution < 1.29 is 4.74 Å². The zero-order chi connectivity index (χ0) is 10.6. The van der Waals surface area contributed by atoms with Gasteiger partial charge in [0, 0.05) is 11.8 Å². The van der Waals surface area contributed by atoms with Gasteiger partial charge in [-0.05, 0) is 26.0 Å². The Balaban J connectivity index is 2.83. The molecule has 0 radical (unpaired) electrons. The highest BCUT2D eigenvalue weighted by molar-refractivity contribution is 5.51. The van der Waals surface area contributed by atoms with Gasteiger partial charge in [0.05, 0.1) is 12.6 Å². The van der Waals surface area contributed by atoms with Crippen LogP contribution in [0.3, 0.4) is 0 Å². The standard InChI is InChI=1S/C12H15NO/c1-5-12(2,3)13-10-7-6-8-11(9-10)14-4/h1,6-9,13H,2-4H3. The van der Waals surface area contributed by atoms with Gasteiger partial charge in [0.2, 0.25) is 0 Å². The molecule has 0 aromatic heterocycles. The molecule has 0 aliphatic carbocycles. The fourth-order valence-corrected chi connectivity index (χ4v) is 1.10. The van der Waals surface area contributed by atoms with Crippen LogP contribution in [0.2, 0.25) is 0 Å². The third-order valence-electron chi connectivity index (χ3n) is 1.89. The van der Waals surface area contributed by atoms with Gasteiger partial charge in [-0.25, -0.2) is 0 Å². The minimum absolute atomic E-state index is 0.341. The highest BCUT2D eigenvalue weighted by Gasteiger charge is 2.12. The second-order valence-corrected chi connectivity index (χ2v) is 3.63. The van der Waals surface area contributed by atoms with Crippen molar-refractivity contribution in [3.63, 3.8) is 0 Å². The number of anilines is 1. The van der Waals surface area contributed by atoms with E-state index in [1.165, 1.54) is 0 Å². The quantitative estimate of drug-likeness (QED) is 0.738. The summed E-state index contributed by atoms with van der Waals surface area (Å²) in [5.41, 5.74) is 0.624. The van der Waals surface area contributed by atoms with Crippen LogP contribution < -0.4 is 10.1 Å². The summed E-state index contributed by atoms with van der Waals surface area (Å²) < 4.78 is 5.11. The number of terminal acetylenes is 1. The second kappa shape index (κ2) is 4.06. The molecule has 0 unspecified atom stereocenters. The summed E-state index contributed by atoms with van der Waals surface area (Å²) in [4.78, 5) is 0. The molecule has 0 atom stereocenters. The van der Waals surface area contributed by atoms with E-state index in [1.807, 2.05) is 38.1 Å². The van der Waals surface area contributed by atoms with E-state index in [9.17, 15) is 0 Å². The maximum absolute atomic E-state index is 5.38. The van der Waals surface area contributed by atoms with Crippen LogP contribution in [-0.2, 0) is 0 Å². The molecule has 74 valence electrons. The summed E-state index contributed by atoms with van der Waals surface area (Å²) >= 11 is 0. The largest absolute Gasteiger partial charge is 0.497 e. The SMILES string of the molecule is C#CC(C)(C)Nc1cccc(OC)c1. The first-order valence-electron chi connectivity index (χ1n) is 4.47. The van der Waals surface area contributed by atoms with Crippen LogP contribution in [0.15, 0.2) is 24.3 Å². The van der Waals surface area contributed by atoms with E-state index in [4.69, 9.17) is 11.2 Å². The molecule has 1 aromatic rings. The molecule has 0 saturated heterocycles. The molecule has 1 rings (SSSR count). The van der Waals surface area contributed by atoms with E-state index in [2.05, 4.69) is 11.2 Å². The van der Waals surface area contributed by atoms with Crippen molar-refractivity contribution in [3.05, 3.63) is 24.3 Å². The molecule has 0 saturated carbocycles. The first-order chi connectivity index (χ1) is 6.57. The van der Waals surface area contributed by atoms with E-state index < -0.39 is 0 Å². The van der Waals surface area contributed by atoms with Gasteiger partial charge in [-0.1, -0.05) is 12.0 Å². The van der Waals surface area contributed by atoms with Gasteiger partial charge in [-0.3, -0.25) is 0 Å². The maximum Gasteiger partial charge on any atom is 0.120 e. The Morgan fingerprint density at radius 1 is 1.43 bits per heavy atom. The van der Waals surface area contributed by atoms with Crippen LogP contribution in [0.25, 0.3) is 0 Å². The lowest BCUT2D eigenvalue weighted by Gasteiger charge is -2.21. The molecule has 0 heterocycles. The minimum Gasteiger partial charge on any atom is -0.497 e. The number of methoxy groups -OCH3 is 1. The third-order valence-corrected chi connectivity index (χ3v) is 1.89. The van der Waals surface area contributed by atoms with Crippen molar-refractivity contribution in [1.82, 2.24) is 0 Å². The Morgan fingerprint density at radius 2 is 2.14 bits per heavy atom. The molecule has 1 aromatic carbocycles. The van der Waals surface area contributed by atoms with E-state index >= 15 is 0 Å². The summed E-state index contributed by atoms with van der Waals surface area (Å²) in [6.07, 6.45) is 5.38. The highest BCUT2D eigenvalue weighted by atomic mass is 16.5. The average Bonchev–Trinajstić information content (AvgIpc) is 2.17. The van der Waals surface area contributed by atoms with Crippen molar-refractivity contribution in [2.75, 3.05) is 12.4 Å². The van der Waals surface area contributed by atoms with Gasteiger partial charge in [0.25, 0.3) is 0 Å². The van der Waals surface area contributed by atoms with E-state index in [-0.39, 0.29) is 5.54 Å². The first kappa shape index (κ1) is 10.5. The zero-order valence-corrected chi connectivity index (χ0v) is 8.79. The fourth-order valence-electron chi connectivity index (χ4n) is 1.10. The summed E-state index contributed by atoms with van der Waals surface area (Å²) in [6, 6.07) is 7.70. The maximum atomic E-state index is 5.38. The topological polar surface area (TPSA) is 21.3 Å². The van der Waals surface area contributed by atoms with Crippen LogP contribution in [0.5, 0.6) is 5.75 Å². The number of rotatable bonds is 3. The first-order valence-corrected chi connectivity index (χ1v) is 4.47. The number of benzene rings is 1. The molecule has 0 aliphatic rings. The monoisotopic (exact) mass is 189 g/mol.